The number of hydrogen-bond donors (Lipinski definition) is 3. The van der Waals surface area contributed by atoms with Crippen molar-refractivity contribution in [3.8, 4) is 11.5 Å². The van der Waals surface area contributed by atoms with E-state index in [-0.39, 0.29) is 11.8 Å². The lowest BCUT2D eigenvalue weighted by Gasteiger charge is -2.36. The van der Waals surface area contributed by atoms with Crippen molar-refractivity contribution in [1.82, 2.24) is 20.2 Å². The Kier molecular flexibility index (Phi) is 5.03. The molecule has 0 radical (unpaired) electrons. The number of methoxy groups -OCH3 is 2. The maximum absolute atomic E-state index is 13.1. The van der Waals surface area contributed by atoms with Crippen LogP contribution in [0, 0.1) is 0 Å². The number of nitrogens with zero attached hydrogens (tertiary/aromatic N) is 4. The van der Waals surface area contributed by atoms with Crippen molar-refractivity contribution in [2.45, 2.75) is 42.7 Å². The van der Waals surface area contributed by atoms with Crippen LogP contribution in [0.15, 0.2) is 42.7 Å². The molecule has 4 aliphatic rings. The number of benzene rings is 2. The molecular weight excluding hydrogens is 510 g/mol. The Morgan fingerprint density at radius 3 is 2.70 bits per heavy atom. The quantitative estimate of drug-likeness (QED) is 0.335. The van der Waals surface area contributed by atoms with Gasteiger partial charge >= 0.3 is 0 Å². The monoisotopic (exact) mass is 539 g/mol. The molecule has 1 spiro atoms. The van der Waals surface area contributed by atoms with Gasteiger partial charge < -0.3 is 29.7 Å². The molecule has 204 valence electrons. The van der Waals surface area contributed by atoms with Crippen LogP contribution < -0.4 is 25.0 Å². The highest BCUT2D eigenvalue weighted by Gasteiger charge is 2.65. The van der Waals surface area contributed by atoms with Gasteiger partial charge in [-0.05, 0) is 60.7 Å². The fourth-order valence-electron chi connectivity index (χ4n) is 6.96. The van der Waals surface area contributed by atoms with Crippen LogP contribution in [0.1, 0.15) is 36.3 Å². The minimum Gasteiger partial charge on any atom is -0.497 e. The topological polar surface area (TPSA) is 127 Å². The summed E-state index contributed by atoms with van der Waals surface area (Å²) in [7, 11) is 3.29. The van der Waals surface area contributed by atoms with E-state index in [2.05, 4.69) is 47.8 Å². The van der Waals surface area contributed by atoms with Gasteiger partial charge in [-0.3, -0.25) is 9.89 Å². The van der Waals surface area contributed by atoms with Gasteiger partial charge in [0, 0.05) is 17.0 Å². The molecular formula is C29H29N7O4. The zero-order valence-corrected chi connectivity index (χ0v) is 22.2. The van der Waals surface area contributed by atoms with Gasteiger partial charge in [0.2, 0.25) is 11.7 Å². The predicted octanol–water partition coefficient (Wildman–Crippen LogP) is 3.86. The maximum atomic E-state index is 13.1. The second kappa shape index (κ2) is 8.56. The van der Waals surface area contributed by atoms with Crippen LogP contribution in [0.2, 0.25) is 0 Å². The molecule has 2 unspecified atom stereocenters. The minimum absolute atomic E-state index is 0.0492. The molecule has 11 heteroatoms. The number of morpholine rings is 1. The number of nitrogens with one attached hydrogen (secondary N) is 3. The molecule has 2 saturated heterocycles. The van der Waals surface area contributed by atoms with Crippen molar-refractivity contribution in [2.75, 3.05) is 43.0 Å². The number of carbonyl (C=O) groups is 1. The van der Waals surface area contributed by atoms with Crippen LogP contribution in [0.25, 0.3) is 10.9 Å². The van der Waals surface area contributed by atoms with Crippen LogP contribution in [0.5, 0.6) is 11.5 Å². The number of carbonyl (C=O) groups excluding carboxylic acids is 1. The van der Waals surface area contributed by atoms with E-state index < -0.39 is 5.41 Å². The molecule has 2 aromatic heterocycles. The summed E-state index contributed by atoms with van der Waals surface area (Å²) in [5.41, 5.74) is 3.30. The van der Waals surface area contributed by atoms with Crippen molar-refractivity contribution in [3.63, 3.8) is 0 Å². The first-order valence-electron chi connectivity index (χ1n) is 13.6. The summed E-state index contributed by atoms with van der Waals surface area (Å²) in [6.45, 7) is 1.39. The number of amides is 1. The van der Waals surface area contributed by atoms with E-state index in [0.717, 1.165) is 58.5 Å². The second-order valence-corrected chi connectivity index (χ2v) is 11.0. The normalized spacial score (nSPS) is 26.2. The van der Waals surface area contributed by atoms with E-state index in [9.17, 15) is 4.79 Å². The Bertz CT molecular complexity index is 1660. The molecule has 1 aliphatic carbocycles. The fourth-order valence-corrected chi connectivity index (χ4v) is 6.96. The lowest BCUT2D eigenvalue weighted by atomic mass is 9.91. The number of aromatic nitrogens is 4. The van der Waals surface area contributed by atoms with Gasteiger partial charge in [-0.15, -0.1) is 0 Å². The van der Waals surface area contributed by atoms with E-state index >= 15 is 0 Å². The molecule has 11 nitrogen and oxygen atoms in total. The highest BCUT2D eigenvalue weighted by Crippen LogP contribution is 2.65. The van der Waals surface area contributed by atoms with Gasteiger partial charge in [-0.25, -0.2) is 9.97 Å². The SMILES string of the molecule is COc1ccc2c(c1)[C@]1(C[C@H]1c1ccc3c(Nc4ncnc(N5C6CCC5COC6)c4OC)n[nH]c3c1)C(=O)N2. The number of aromatic amines is 1. The molecule has 1 saturated carbocycles. The number of ether oxygens (including phenoxy) is 3. The van der Waals surface area contributed by atoms with Crippen LogP contribution >= 0.6 is 0 Å². The highest BCUT2D eigenvalue weighted by atomic mass is 16.5. The van der Waals surface area contributed by atoms with E-state index in [1.165, 1.54) is 0 Å². The number of hydrogen-bond acceptors (Lipinski definition) is 9. The number of fused-ring (bicyclic) bond motifs is 5. The summed E-state index contributed by atoms with van der Waals surface area (Å²) < 4.78 is 17.0. The summed E-state index contributed by atoms with van der Waals surface area (Å²) in [6, 6.07) is 12.6. The van der Waals surface area contributed by atoms with Crippen LogP contribution in [0.4, 0.5) is 23.1 Å². The third-order valence-electron chi connectivity index (χ3n) is 9.02. The number of anilines is 4. The third kappa shape index (κ3) is 3.27. The minimum atomic E-state index is -0.553. The molecule has 40 heavy (non-hydrogen) atoms. The lowest BCUT2D eigenvalue weighted by Crippen LogP contribution is -2.46. The number of rotatable bonds is 6. The van der Waals surface area contributed by atoms with Crippen molar-refractivity contribution in [2.24, 2.45) is 0 Å². The maximum Gasteiger partial charge on any atom is 0.235 e. The zero-order chi connectivity index (χ0) is 27.0. The molecule has 3 N–H and O–H groups in total. The third-order valence-corrected chi connectivity index (χ3v) is 9.02. The van der Waals surface area contributed by atoms with Crippen molar-refractivity contribution in [3.05, 3.63) is 53.9 Å². The van der Waals surface area contributed by atoms with Gasteiger partial charge in [0.25, 0.3) is 0 Å². The average Bonchev–Trinajstić information content (AvgIpc) is 3.43. The van der Waals surface area contributed by atoms with Gasteiger partial charge in [0.1, 0.15) is 12.1 Å². The lowest BCUT2D eigenvalue weighted by molar-refractivity contribution is -0.118. The van der Waals surface area contributed by atoms with Crippen LogP contribution in [0.3, 0.4) is 0 Å². The van der Waals surface area contributed by atoms with Gasteiger partial charge in [0.15, 0.2) is 17.5 Å². The molecule has 5 heterocycles. The summed E-state index contributed by atoms with van der Waals surface area (Å²) in [6.07, 6.45) is 4.48. The largest absolute Gasteiger partial charge is 0.497 e. The van der Waals surface area contributed by atoms with Crippen molar-refractivity contribution < 1.29 is 19.0 Å². The summed E-state index contributed by atoms with van der Waals surface area (Å²) >= 11 is 0. The summed E-state index contributed by atoms with van der Waals surface area (Å²) in [5.74, 6) is 3.47. The predicted molar refractivity (Wildman–Crippen MR) is 149 cm³/mol. The smallest absolute Gasteiger partial charge is 0.235 e. The molecule has 2 aromatic carbocycles. The van der Waals surface area contributed by atoms with Gasteiger partial charge in [-0.1, -0.05) is 6.07 Å². The molecule has 8 rings (SSSR count). The van der Waals surface area contributed by atoms with E-state index in [0.29, 0.717) is 42.7 Å². The standard InChI is InChI=1S/C29H29N7O4/c1-38-18-6-8-22-20(10-18)29(28(37)32-22)11-21(29)15-3-7-19-23(9-15)34-35-25(19)33-26-24(39-2)27(31-14-30-26)36-16-4-5-17(36)13-40-12-16/h3,6-10,14,16-17,21H,4-5,11-13H2,1-2H3,(H,32,37)(H2,30,31,33,34,35)/t16?,17?,21-,29-/m0/s1. The van der Waals surface area contributed by atoms with Crippen LogP contribution in [-0.4, -0.2) is 65.6 Å². The summed E-state index contributed by atoms with van der Waals surface area (Å²) in [4.78, 5) is 24.5. The van der Waals surface area contributed by atoms with Crippen molar-refractivity contribution >= 4 is 40.0 Å². The Morgan fingerprint density at radius 1 is 1.05 bits per heavy atom. The number of H-pyrrole nitrogens is 1. The van der Waals surface area contributed by atoms with Crippen molar-refractivity contribution in [1.29, 1.82) is 0 Å². The summed E-state index contributed by atoms with van der Waals surface area (Å²) in [5, 5.41) is 15.1. The highest BCUT2D eigenvalue weighted by molar-refractivity contribution is 6.10. The Balaban J connectivity index is 1.09. The van der Waals surface area contributed by atoms with Gasteiger partial charge in [-0.2, -0.15) is 5.10 Å². The molecule has 4 atom stereocenters. The van der Waals surface area contributed by atoms with Crippen LogP contribution in [-0.2, 0) is 14.9 Å². The average molecular weight is 540 g/mol. The molecule has 1 amide bonds. The molecule has 3 fully saturated rings. The zero-order valence-electron chi connectivity index (χ0n) is 22.2. The molecule has 2 bridgehead atoms. The Hall–Kier alpha value is -4.38. The molecule has 4 aromatic rings. The van der Waals surface area contributed by atoms with Gasteiger partial charge in [0.05, 0.1) is 50.4 Å². The first kappa shape index (κ1) is 23.5. The first-order valence-corrected chi connectivity index (χ1v) is 13.6. The Morgan fingerprint density at radius 2 is 1.90 bits per heavy atom. The molecule has 3 aliphatic heterocycles. The van der Waals surface area contributed by atoms with E-state index in [1.54, 1.807) is 20.5 Å². The van der Waals surface area contributed by atoms with E-state index in [1.807, 2.05) is 24.3 Å². The second-order valence-electron chi connectivity index (χ2n) is 11.0. The fraction of sp³-hybridized carbons (Fsp3) is 0.379. The first-order chi connectivity index (χ1) is 19.6. The van der Waals surface area contributed by atoms with E-state index in [4.69, 9.17) is 14.2 Å². The Labute approximate surface area is 230 Å².